The van der Waals surface area contributed by atoms with E-state index in [0.29, 0.717) is 24.1 Å². The van der Waals surface area contributed by atoms with E-state index in [2.05, 4.69) is 5.32 Å². The molecule has 0 spiro atoms. The third-order valence-corrected chi connectivity index (χ3v) is 4.71. The Labute approximate surface area is 158 Å². The predicted molar refractivity (Wildman–Crippen MR) is 101 cm³/mol. The van der Waals surface area contributed by atoms with Crippen molar-refractivity contribution in [2.24, 2.45) is 0 Å². The molecule has 140 valence electrons. The molecule has 3 rings (SSSR count). The van der Waals surface area contributed by atoms with Crippen LogP contribution in [-0.4, -0.2) is 42.3 Å². The zero-order valence-corrected chi connectivity index (χ0v) is 15.6. The Bertz CT molecular complexity index is 890. The van der Waals surface area contributed by atoms with Gasteiger partial charge in [-0.3, -0.25) is 19.3 Å². The monoisotopic (exact) mass is 366 g/mol. The molecule has 0 saturated carbocycles. The van der Waals surface area contributed by atoms with Crippen LogP contribution in [0.4, 0.5) is 0 Å². The molecule has 0 aliphatic carbocycles. The molecular weight excluding hydrogens is 344 g/mol. The third-order valence-electron chi connectivity index (χ3n) is 4.71. The largest absolute Gasteiger partial charge is 0.497 e. The summed E-state index contributed by atoms with van der Waals surface area (Å²) in [5, 5.41) is 2.80. The zero-order chi connectivity index (χ0) is 19.6. The highest BCUT2D eigenvalue weighted by Crippen LogP contribution is 2.25. The van der Waals surface area contributed by atoms with E-state index in [4.69, 9.17) is 4.74 Å². The second-order valence-electron chi connectivity index (χ2n) is 6.59. The summed E-state index contributed by atoms with van der Waals surface area (Å²) in [4.78, 5) is 38.6. The average molecular weight is 366 g/mol. The van der Waals surface area contributed by atoms with Gasteiger partial charge in [-0.1, -0.05) is 23.8 Å². The molecule has 2 aromatic rings. The van der Waals surface area contributed by atoms with Crippen molar-refractivity contribution < 1.29 is 19.1 Å². The van der Waals surface area contributed by atoms with Gasteiger partial charge in [0.25, 0.3) is 11.8 Å². The standard InChI is InChI=1S/C21H22N2O4/c1-13-4-9-17-18(12-13)21(26)23(20(17)25)14(2)19(24)22-11-10-15-5-7-16(27-3)8-6-15/h4-9,12,14H,10-11H2,1-3H3,(H,22,24). The molecule has 1 aliphatic rings. The number of carbonyl (C=O) groups excluding carboxylic acids is 3. The Balaban J connectivity index is 1.60. The number of fused-ring (bicyclic) bond motifs is 1. The maximum absolute atomic E-state index is 12.6. The minimum atomic E-state index is -0.867. The number of nitrogens with zero attached hydrogens (tertiary/aromatic N) is 1. The molecule has 1 heterocycles. The maximum atomic E-state index is 12.6. The SMILES string of the molecule is COc1ccc(CCNC(=O)C(C)N2C(=O)c3ccc(C)cc3C2=O)cc1. The van der Waals surface area contributed by atoms with Crippen molar-refractivity contribution in [2.45, 2.75) is 26.3 Å². The summed E-state index contributed by atoms with van der Waals surface area (Å²) < 4.78 is 5.12. The molecule has 0 radical (unpaired) electrons. The molecule has 27 heavy (non-hydrogen) atoms. The number of hydrogen-bond donors (Lipinski definition) is 1. The van der Waals surface area contributed by atoms with Gasteiger partial charge in [-0.15, -0.1) is 0 Å². The number of rotatable bonds is 6. The third kappa shape index (κ3) is 3.69. The van der Waals surface area contributed by atoms with Crippen molar-refractivity contribution in [3.63, 3.8) is 0 Å². The highest BCUT2D eigenvalue weighted by atomic mass is 16.5. The Morgan fingerprint density at radius 1 is 1.07 bits per heavy atom. The molecule has 1 atom stereocenters. The number of carbonyl (C=O) groups is 3. The van der Waals surface area contributed by atoms with Crippen LogP contribution in [0.3, 0.4) is 0 Å². The van der Waals surface area contributed by atoms with Crippen molar-refractivity contribution in [1.82, 2.24) is 10.2 Å². The van der Waals surface area contributed by atoms with Crippen molar-refractivity contribution in [1.29, 1.82) is 0 Å². The second kappa shape index (κ2) is 7.61. The molecular formula is C21H22N2O4. The van der Waals surface area contributed by atoms with Gasteiger partial charge in [-0.05, 0) is 50.1 Å². The number of hydrogen-bond acceptors (Lipinski definition) is 4. The number of nitrogens with one attached hydrogen (secondary N) is 1. The number of aryl methyl sites for hydroxylation is 1. The summed E-state index contributed by atoms with van der Waals surface area (Å²) in [5.41, 5.74) is 2.66. The number of benzene rings is 2. The first kappa shape index (κ1) is 18.6. The van der Waals surface area contributed by atoms with Crippen LogP contribution in [-0.2, 0) is 11.2 Å². The van der Waals surface area contributed by atoms with E-state index in [-0.39, 0.29) is 5.91 Å². The van der Waals surface area contributed by atoms with Crippen LogP contribution in [0.5, 0.6) is 5.75 Å². The highest BCUT2D eigenvalue weighted by molar-refractivity contribution is 6.22. The Kier molecular flexibility index (Phi) is 5.26. The quantitative estimate of drug-likeness (QED) is 0.797. The molecule has 3 amide bonds. The summed E-state index contributed by atoms with van der Waals surface area (Å²) in [6, 6.07) is 11.8. The van der Waals surface area contributed by atoms with Gasteiger partial charge in [0.05, 0.1) is 18.2 Å². The van der Waals surface area contributed by atoms with E-state index in [0.717, 1.165) is 21.8 Å². The first-order valence-corrected chi connectivity index (χ1v) is 8.81. The smallest absolute Gasteiger partial charge is 0.262 e. The highest BCUT2D eigenvalue weighted by Gasteiger charge is 2.40. The first-order chi connectivity index (χ1) is 12.9. The molecule has 1 unspecified atom stereocenters. The topological polar surface area (TPSA) is 75.7 Å². The molecule has 0 fully saturated rings. The fourth-order valence-electron chi connectivity index (χ4n) is 3.11. The lowest BCUT2D eigenvalue weighted by atomic mass is 10.1. The van der Waals surface area contributed by atoms with Crippen LogP contribution >= 0.6 is 0 Å². The molecule has 0 bridgehead atoms. The maximum Gasteiger partial charge on any atom is 0.262 e. The van der Waals surface area contributed by atoms with E-state index >= 15 is 0 Å². The average Bonchev–Trinajstić information content (AvgIpc) is 2.91. The van der Waals surface area contributed by atoms with E-state index in [1.54, 1.807) is 32.2 Å². The molecule has 1 N–H and O–H groups in total. The van der Waals surface area contributed by atoms with E-state index in [1.807, 2.05) is 31.2 Å². The summed E-state index contributed by atoms with van der Waals surface area (Å²) in [5.74, 6) is -0.420. The summed E-state index contributed by atoms with van der Waals surface area (Å²) in [6.07, 6.45) is 0.643. The van der Waals surface area contributed by atoms with Crippen molar-refractivity contribution in [2.75, 3.05) is 13.7 Å². The molecule has 1 aliphatic heterocycles. The van der Waals surface area contributed by atoms with E-state index in [9.17, 15) is 14.4 Å². The Morgan fingerprint density at radius 3 is 2.41 bits per heavy atom. The van der Waals surface area contributed by atoms with E-state index in [1.165, 1.54) is 0 Å². The minimum absolute atomic E-state index is 0.350. The molecule has 2 aromatic carbocycles. The minimum Gasteiger partial charge on any atom is -0.497 e. The normalized spacial score (nSPS) is 14.1. The van der Waals surface area contributed by atoms with Gasteiger partial charge >= 0.3 is 0 Å². The van der Waals surface area contributed by atoms with Crippen LogP contribution in [0.15, 0.2) is 42.5 Å². The van der Waals surface area contributed by atoms with Crippen LogP contribution in [0.2, 0.25) is 0 Å². The molecule has 6 heteroatoms. The lowest BCUT2D eigenvalue weighted by Gasteiger charge is -2.21. The van der Waals surface area contributed by atoms with Gasteiger partial charge < -0.3 is 10.1 Å². The summed E-state index contributed by atoms with van der Waals surface area (Å²) in [6.45, 7) is 3.84. The lowest BCUT2D eigenvalue weighted by molar-refractivity contribution is -0.124. The number of imide groups is 1. The fraction of sp³-hybridized carbons (Fsp3) is 0.286. The molecule has 0 aromatic heterocycles. The van der Waals surface area contributed by atoms with Gasteiger partial charge in [-0.25, -0.2) is 0 Å². The van der Waals surface area contributed by atoms with Gasteiger partial charge in [0.15, 0.2) is 0 Å². The fourth-order valence-corrected chi connectivity index (χ4v) is 3.11. The number of methoxy groups -OCH3 is 1. The summed E-state index contributed by atoms with van der Waals surface area (Å²) in [7, 11) is 1.61. The Hall–Kier alpha value is -3.15. The van der Waals surface area contributed by atoms with Crippen molar-refractivity contribution in [3.05, 3.63) is 64.7 Å². The van der Waals surface area contributed by atoms with Crippen LogP contribution < -0.4 is 10.1 Å². The van der Waals surface area contributed by atoms with Gasteiger partial charge in [0.1, 0.15) is 11.8 Å². The van der Waals surface area contributed by atoms with Crippen LogP contribution in [0.25, 0.3) is 0 Å². The Morgan fingerprint density at radius 2 is 1.74 bits per heavy atom. The number of amides is 3. The number of ether oxygens (including phenoxy) is 1. The van der Waals surface area contributed by atoms with Crippen LogP contribution in [0, 0.1) is 6.92 Å². The lowest BCUT2D eigenvalue weighted by Crippen LogP contribution is -2.48. The van der Waals surface area contributed by atoms with Gasteiger partial charge in [0, 0.05) is 6.54 Å². The van der Waals surface area contributed by atoms with Crippen molar-refractivity contribution in [3.8, 4) is 5.75 Å². The first-order valence-electron chi connectivity index (χ1n) is 8.81. The zero-order valence-electron chi connectivity index (χ0n) is 15.6. The van der Waals surface area contributed by atoms with Gasteiger partial charge in [0.2, 0.25) is 5.91 Å². The molecule has 0 saturated heterocycles. The second-order valence-corrected chi connectivity index (χ2v) is 6.59. The summed E-state index contributed by atoms with van der Waals surface area (Å²) >= 11 is 0. The van der Waals surface area contributed by atoms with E-state index < -0.39 is 17.9 Å². The van der Waals surface area contributed by atoms with Crippen molar-refractivity contribution >= 4 is 17.7 Å². The van der Waals surface area contributed by atoms with Gasteiger partial charge in [-0.2, -0.15) is 0 Å². The van der Waals surface area contributed by atoms with Crippen LogP contribution in [0.1, 0.15) is 38.8 Å². The predicted octanol–water partition coefficient (Wildman–Crippen LogP) is 2.35. The molecule has 6 nitrogen and oxygen atoms in total.